The van der Waals surface area contributed by atoms with Crippen LogP contribution in [-0.4, -0.2) is 15.8 Å². The molecule has 0 aliphatic rings. The summed E-state index contributed by atoms with van der Waals surface area (Å²) >= 11 is 0. The van der Waals surface area contributed by atoms with Gasteiger partial charge in [0.15, 0.2) is 0 Å². The maximum atomic E-state index is 4.61. The number of hydrogen-bond donors (Lipinski definition) is 1. The van der Waals surface area contributed by atoms with E-state index >= 15 is 0 Å². The third-order valence-electron chi connectivity index (χ3n) is 3.88. The molecular formula is C16H31N3. The lowest BCUT2D eigenvalue weighted by Gasteiger charge is -2.21. The van der Waals surface area contributed by atoms with E-state index < -0.39 is 0 Å². The Kier molecular flexibility index (Phi) is 6.05. The Morgan fingerprint density at radius 1 is 1.11 bits per heavy atom. The number of rotatable bonds is 7. The molecule has 1 aromatic rings. The SMILES string of the molecule is CCn1nc(C)c(C(C)NC(C)CCC(C)C)c1C. The molecule has 0 aliphatic heterocycles. The first kappa shape index (κ1) is 16.2. The minimum atomic E-state index is 0.377. The molecule has 1 aromatic heterocycles. The van der Waals surface area contributed by atoms with E-state index in [0.717, 1.165) is 18.2 Å². The van der Waals surface area contributed by atoms with Crippen LogP contribution in [0, 0.1) is 19.8 Å². The van der Waals surface area contributed by atoms with Crippen LogP contribution in [0.4, 0.5) is 0 Å². The highest BCUT2D eigenvalue weighted by Crippen LogP contribution is 2.22. The molecule has 0 radical (unpaired) electrons. The second-order valence-corrected chi connectivity index (χ2v) is 6.16. The second-order valence-electron chi connectivity index (χ2n) is 6.16. The third-order valence-corrected chi connectivity index (χ3v) is 3.88. The molecule has 110 valence electrons. The number of nitrogens with one attached hydrogen (secondary N) is 1. The maximum Gasteiger partial charge on any atom is 0.0644 e. The van der Waals surface area contributed by atoms with E-state index in [-0.39, 0.29) is 0 Å². The molecule has 0 fully saturated rings. The second kappa shape index (κ2) is 7.09. The van der Waals surface area contributed by atoms with Gasteiger partial charge in [0.2, 0.25) is 0 Å². The van der Waals surface area contributed by atoms with Crippen molar-refractivity contribution in [3.63, 3.8) is 0 Å². The van der Waals surface area contributed by atoms with E-state index in [1.54, 1.807) is 0 Å². The topological polar surface area (TPSA) is 29.9 Å². The van der Waals surface area contributed by atoms with Crippen molar-refractivity contribution in [2.24, 2.45) is 5.92 Å². The van der Waals surface area contributed by atoms with Gasteiger partial charge >= 0.3 is 0 Å². The fourth-order valence-corrected chi connectivity index (χ4v) is 2.82. The molecule has 3 nitrogen and oxygen atoms in total. The zero-order valence-electron chi connectivity index (χ0n) is 13.7. The van der Waals surface area contributed by atoms with Crippen molar-refractivity contribution in [2.75, 3.05) is 0 Å². The predicted molar refractivity (Wildman–Crippen MR) is 82.5 cm³/mol. The average Bonchev–Trinajstić information content (AvgIpc) is 2.61. The lowest BCUT2D eigenvalue weighted by Crippen LogP contribution is -2.29. The minimum absolute atomic E-state index is 0.377. The van der Waals surface area contributed by atoms with Crippen molar-refractivity contribution in [1.82, 2.24) is 15.1 Å². The van der Waals surface area contributed by atoms with Gasteiger partial charge in [-0.05, 0) is 53.4 Å². The van der Waals surface area contributed by atoms with Gasteiger partial charge in [0, 0.05) is 29.9 Å². The molecule has 0 saturated heterocycles. The van der Waals surface area contributed by atoms with E-state index in [1.807, 2.05) is 0 Å². The standard InChI is InChI=1S/C16H31N3/c1-8-19-15(7)16(14(6)18-19)13(5)17-12(4)10-9-11(2)3/h11-13,17H,8-10H2,1-7H3. The molecule has 0 spiro atoms. The normalized spacial score (nSPS) is 14.9. The van der Waals surface area contributed by atoms with Gasteiger partial charge in [-0.2, -0.15) is 5.10 Å². The molecule has 0 saturated carbocycles. The van der Waals surface area contributed by atoms with Crippen LogP contribution in [0.5, 0.6) is 0 Å². The highest BCUT2D eigenvalue weighted by Gasteiger charge is 2.18. The molecule has 1 heterocycles. The Morgan fingerprint density at radius 3 is 2.21 bits per heavy atom. The van der Waals surface area contributed by atoms with Gasteiger partial charge in [-0.15, -0.1) is 0 Å². The van der Waals surface area contributed by atoms with E-state index in [4.69, 9.17) is 0 Å². The van der Waals surface area contributed by atoms with Crippen LogP contribution in [0.3, 0.4) is 0 Å². The fourth-order valence-electron chi connectivity index (χ4n) is 2.82. The van der Waals surface area contributed by atoms with Crippen molar-refractivity contribution in [3.05, 3.63) is 17.0 Å². The Bertz CT molecular complexity index is 393. The van der Waals surface area contributed by atoms with Crippen LogP contribution in [0.25, 0.3) is 0 Å². The van der Waals surface area contributed by atoms with E-state index in [0.29, 0.717) is 12.1 Å². The van der Waals surface area contributed by atoms with Crippen molar-refractivity contribution in [3.8, 4) is 0 Å². The van der Waals surface area contributed by atoms with Crippen molar-refractivity contribution in [1.29, 1.82) is 0 Å². The predicted octanol–water partition coefficient (Wildman–Crippen LogP) is 4.00. The summed E-state index contributed by atoms with van der Waals surface area (Å²) in [5, 5.41) is 8.33. The molecule has 1 N–H and O–H groups in total. The van der Waals surface area contributed by atoms with Crippen LogP contribution in [0.1, 0.15) is 70.5 Å². The highest BCUT2D eigenvalue weighted by molar-refractivity contribution is 5.27. The lowest BCUT2D eigenvalue weighted by molar-refractivity contribution is 0.415. The molecule has 3 heteroatoms. The summed E-state index contributed by atoms with van der Waals surface area (Å²) in [7, 11) is 0. The summed E-state index contributed by atoms with van der Waals surface area (Å²) in [6.07, 6.45) is 2.52. The smallest absolute Gasteiger partial charge is 0.0644 e. The number of hydrogen-bond acceptors (Lipinski definition) is 2. The lowest BCUT2D eigenvalue weighted by atomic mass is 10.0. The number of aromatic nitrogens is 2. The van der Waals surface area contributed by atoms with Crippen LogP contribution in [0.15, 0.2) is 0 Å². The molecule has 2 atom stereocenters. The monoisotopic (exact) mass is 265 g/mol. The van der Waals surface area contributed by atoms with E-state index in [2.05, 4.69) is 63.6 Å². The molecule has 0 aliphatic carbocycles. The van der Waals surface area contributed by atoms with Gasteiger partial charge in [-0.3, -0.25) is 4.68 Å². The quantitative estimate of drug-likeness (QED) is 0.807. The summed E-state index contributed by atoms with van der Waals surface area (Å²) in [5.74, 6) is 0.783. The van der Waals surface area contributed by atoms with Gasteiger partial charge in [0.25, 0.3) is 0 Å². The maximum absolute atomic E-state index is 4.61. The van der Waals surface area contributed by atoms with Gasteiger partial charge in [-0.25, -0.2) is 0 Å². The van der Waals surface area contributed by atoms with Crippen molar-refractivity contribution in [2.45, 2.75) is 79.9 Å². The Balaban J connectivity index is 2.67. The summed E-state index contributed by atoms with van der Waals surface area (Å²) in [4.78, 5) is 0. The Morgan fingerprint density at radius 2 is 1.74 bits per heavy atom. The van der Waals surface area contributed by atoms with Gasteiger partial charge in [-0.1, -0.05) is 13.8 Å². The number of aryl methyl sites for hydroxylation is 2. The molecule has 0 bridgehead atoms. The summed E-state index contributed by atoms with van der Waals surface area (Å²) < 4.78 is 2.10. The molecule has 0 aromatic carbocycles. The molecular weight excluding hydrogens is 234 g/mol. The summed E-state index contributed by atoms with van der Waals surface area (Å²) in [6.45, 7) is 16.5. The first-order valence-corrected chi connectivity index (χ1v) is 7.66. The Hall–Kier alpha value is -0.830. The number of nitrogens with zero attached hydrogens (tertiary/aromatic N) is 2. The van der Waals surface area contributed by atoms with Crippen LogP contribution in [0.2, 0.25) is 0 Å². The summed E-state index contributed by atoms with van der Waals surface area (Å²) in [5.41, 5.74) is 3.84. The largest absolute Gasteiger partial charge is 0.308 e. The van der Waals surface area contributed by atoms with Crippen LogP contribution >= 0.6 is 0 Å². The van der Waals surface area contributed by atoms with Gasteiger partial charge in [0.1, 0.15) is 0 Å². The first-order valence-electron chi connectivity index (χ1n) is 7.66. The average molecular weight is 265 g/mol. The van der Waals surface area contributed by atoms with Crippen molar-refractivity contribution < 1.29 is 0 Å². The zero-order valence-corrected chi connectivity index (χ0v) is 13.7. The molecule has 19 heavy (non-hydrogen) atoms. The van der Waals surface area contributed by atoms with Crippen molar-refractivity contribution >= 4 is 0 Å². The molecule has 0 amide bonds. The van der Waals surface area contributed by atoms with E-state index in [9.17, 15) is 0 Å². The first-order chi connectivity index (χ1) is 8.86. The van der Waals surface area contributed by atoms with Crippen LogP contribution < -0.4 is 5.32 Å². The van der Waals surface area contributed by atoms with Gasteiger partial charge in [0.05, 0.1) is 5.69 Å². The van der Waals surface area contributed by atoms with E-state index in [1.165, 1.54) is 24.1 Å². The highest BCUT2D eigenvalue weighted by atomic mass is 15.3. The molecule has 2 unspecified atom stereocenters. The van der Waals surface area contributed by atoms with Gasteiger partial charge < -0.3 is 5.32 Å². The van der Waals surface area contributed by atoms with Crippen LogP contribution in [-0.2, 0) is 6.54 Å². The molecule has 1 rings (SSSR count). The third kappa shape index (κ3) is 4.34. The zero-order chi connectivity index (χ0) is 14.6. The minimum Gasteiger partial charge on any atom is -0.308 e. The Labute approximate surface area is 118 Å². The fraction of sp³-hybridized carbons (Fsp3) is 0.812. The summed E-state index contributed by atoms with van der Waals surface area (Å²) in [6, 6.07) is 0.934.